The van der Waals surface area contributed by atoms with E-state index in [1.165, 1.54) is 18.2 Å². The molecule has 3 rings (SSSR count). The van der Waals surface area contributed by atoms with E-state index in [0.29, 0.717) is 12.2 Å². The van der Waals surface area contributed by atoms with Gasteiger partial charge in [0.1, 0.15) is 5.82 Å². The van der Waals surface area contributed by atoms with Gasteiger partial charge in [0, 0.05) is 12.2 Å². The number of hydrogen-bond acceptors (Lipinski definition) is 3. The second-order valence-electron chi connectivity index (χ2n) is 6.48. The van der Waals surface area contributed by atoms with Crippen molar-refractivity contribution >= 4 is 17.6 Å². The smallest absolute Gasteiger partial charge is 0.307 e. The molecule has 0 aromatic heterocycles. The van der Waals surface area contributed by atoms with Crippen molar-refractivity contribution in [2.75, 3.05) is 11.9 Å². The van der Waals surface area contributed by atoms with Gasteiger partial charge < -0.3 is 10.4 Å². The number of carbonyl (C=O) groups excluding carboxylic acids is 1. The maximum Gasteiger partial charge on any atom is 0.307 e. The lowest BCUT2D eigenvalue weighted by Crippen LogP contribution is -2.39. The molecular weight excluding hydrogens is 335 g/mol. The molecule has 1 heterocycles. The number of amides is 1. The highest BCUT2D eigenvalue weighted by Gasteiger charge is 2.30. The summed E-state index contributed by atoms with van der Waals surface area (Å²) in [5, 5.41) is 11.5. The molecule has 1 atom stereocenters. The molecule has 1 aliphatic heterocycles. The number of likely N-dealkylation sites (tertiary alicyclic amines) is 1. The van der Waals surface area contributed by atoms with E-state index in [1.807, 2.05) is 30.3 Å². The predicted molar refractivity (Wildman–Crippen MR) is 96.2 cm³/mol. The number of carboxylic acid groups (broad SMARTS) is 1. The zero-order valence-corrected chi connectivity index (χ0v) is 14.3. The Balaban J connectivity index is 1.65. The third-order valence-electron chi connectivity index (χ3n) is 4.56. The SMILES string of the molecule is O=C(O)Cc1ccc(NC(=O)C2CCCN2Cc2ccccc2)cc1F. The highest BCUT2D eigenvalue weighted by Crippen LogP contribution is 2.22. The Morgan fingerprint density at radius 3 is 2.65 bits per heavy atom. The van der Waals surface area contributed by atoms with Crippen molar-refractivity contribution in [3.8, 4) is 0 Å². The molecule has 0 spiro atoms. The third kappa shape index (κ3) is 4.46. The largest absolute Gasteiger partial charge is 0.481 e. The third-order valence-corrected chi connectivity index (χ3v) is 4.56. The second kappa shape index (κ2) is 8.10. The Morgan fingerprint density at radius 1 is 1.19 bits per heavy atom. The molecule has 0 radical (unpaired) electrons. The van der Waals surface area contributed by atoms with E-state index in [2.05, 4.69) is 10.2 Å². The average Bonchev–Trinajstić information content (AvgIpc) is 3.06. The molecule has 1 aliphatic rings. The maximum atomic E-state index is 14.0. The Kier molecular flexibility index (Phi) is 5.63. The molecule has 1 unspecified atom stereocenters. The van der Waals surface area contributed by atoms with Crippen molar-refractivity contribution in [3.63, 3.8) is 0 Å². The van der Waals surface area contributed by atoms with E-state index in [1.54, 1.807) is 0 Å². The van der Waals surface area contributed by atoms with Crippen LogP contribution in [-0.2, 0) is 22.6 Å². The lowest BCUT2D eigenvalue weighted by Gasteiger charge is -2.23. The second-order valence-corrected chi connectivity index (χ2v) is 6.48. The molecule has 0 aliphatic carbocycles. The summed E-state index contributed by atoms with van der Waals surface area (Å²) in [5.41, 5.74) is 1.59. The molecule has 2 aromatic rings. The van der Waals surface area contributed by atoms with Crippen LogP contribution >= 0.6 is 0 Å². The minimum Gasteiger partial charge on any atom is -0.481 e. The van der Waals surface area contributed by atoms with Gasteiger partial charge in [0.05, 0.1) is 12.5 Å². The van der Waals surface area contributed by atoms with Gasteiger partial charge >= 0.3 is 5.97 Å². The summed E-state index contributed by atoms with van der Waals surface area (Å²) in [4.78, 5) is 25.4. The quantitative estimate of drug-likeness (QED) is 0.835. The van der Waals surface area contributed by atoms with Gasteiger partial charge in [-0.3, -0.25) is 14.5 Å². The number of nitrogens with one attached hydrogen (secondary N) is 1. The summed E-state index contributed by atoms with van der Waals surface area (Å²) in [5.74, 6) is -1.88. The summed E-state index contributed by atoms with van der Waals surface area (Å²) in [7, 11) is 0. The van der Waals surface area contributed by atoms with Crippen LogP contribution in [0.3, 0.4) is 0 Å². The summed E-state index contributed by atoms with van der Waals surface area (Å²) >= 11 is 0. The Labute approximate surface area is 151 Å². The van der Waals surface area contributed by atoms with Crippen molar-refractivity contribution in [2.45, 2.75) is 31.8 Å². The van der Waals surface area contributed by atoms with Gasteiger partial charge in [0.15, 0.2) is 0 Å². The van der Waals surface area contributed by atoms with E-state index >= 15 is 0 Å². The highest BCUT2D eigenvalue weighted by molar-refractivity contribution is 5.95. The van der Waals surface area contributed by atoms with Crippen LogP contribution in [0.5, 0.6) is 0 Å². The Hall–Kier alpha value is -2.73. The fraction of sp³-hybridized carbons (Fsp3) is 0.300. The molecule has 1 saturated heterocycles. The highest BCUT2D eigenvalue weighted by atomic mass is 19.1. The first kappa shape index (κ1) is 18.1. The minimum atomic E-state index is -1.09. The number of aliphatic carboxylic acids is 1. The molecule has 0 bridgehead atoms. The van der Waals surface area contributed by atoms with Crippen molar-refractivity contribution in [1.29, 1.82) is 0 Å². The van der Waals surface area contributed by atoms with E-state index in [0.717, 1.165) is 24.9 Å². The molecule has 136 valence electrons. The number of anilines is 1. The number of hydrogen-bond donors (Lipinski definition) is 2. The molecule has 1 fully saturated rings. The first-order chi connectivity index (χ1) is 12.5. The van der Waals surface area contributed by atoms with Crippen LogP contribution in [0.15, 0.2) is 48.5 Å². The van der Waals surface area contributed by atoms with Crippen LogP contribution < -0.4 is 5.32 Å². The van der Waals surface area contributed by atoms with E-state index in [9.17, 15) is 14.0 Å². The Bertz CT molecular complexity index is 795. The zero-order valence-electron chi connectivity index (χ0n) is 14.3. The number of rotatable bonds is 6. The van der Waals surface area contributed by atoms with Crippen LogP contribution in [0, 0.1) is 5.82 Å². The summed E-state index contributed by atoms with van der Waals surface area (Å²) in [6.07, 6.45) is 1.32. The van der Waals surface area contributed by atoms with Gasteiger partial charge in [-0.15, -0.1) is 0 Å². The fourth-order valence-corrected chi connectivity index (χ4v) is 3.29. The van der Waals surface area contributed by atoms with Crippen molar-refractivity contribution in [2.24, 2.45) is 0 Å². The topological polar surface area (TPSA) is 69.6 Å². The molecular formula is C20H21FN2O3. The molecule has 26 heavy (non-hydrogen) atoms. The predicted octanol–water partition coefficient (Wildman–Crippen LogP) is 3.06. The molecule has 6 heteroatoms. The molecule has 1 amide bonds. The van der Waals surface area contributed by atoms with Gasteiger partial charge in [-0.05, 0) is 42.6 Å². The van der Waals surface area contributed by atoms with Crippen LogP contribution in [0.2, 0.25) is 0 Å². The maximum absolute atomic E-state index is 14.0. The van der Waals surface area contributed by atoms with E-state index in [-0.39, 0.29) is 23.9 Å². The molecule has 5 nitrogen and oxygen atoms in total. The fourth-order valence-electron chi connectivity index (χ4n) is 3.29. The standard InChI is InChI=1S/C20H21FN2O3/c21-17-12-16(9-8-15(17)11-19(24)25)22-20(26)18-7-4-10-23(18)13-14-5-2-1-3-6-14/h1-3,5-6,8-9,12,18H,4,7,10-11,13H2,(H,22,26)(H,24,25). The number of nitrogens with zero attached hydrogens (tertiary/aromatic N) is 1. The number of benzene rings is 2. The number of carbonyl (C=O) groups is 2. The van der Waals surface area contributed by atoms with E-state index in [4.69, 9.17) is 5.11 Å². The van der Waals surface area contributed by atoms with Crippen LogP contribution in [0.1, 0.15) is 24.0 Å². The van der Waals surface area contributed by atoms with Gasteiger partial charge in [-0.25, -0.2) is 4.39 Å². The lowest BCUT2D eigenvalue weighted by atomic mass is 10.1. The van der Waals surface area contributed by atoms with Crippen LogP contribution in [-0.4, -0.2) is 34.5 Å². The summed E-state index contributed by atoms with van der Waals surface area (Å²) < 4.78 is 14.0. The first-order valence-corrected chi connectivity index (χ1v) is 8.62. The zero-order chi connectivity index (χ0) is 18.5. The van der Waals surface area contributed by atoms with Gasteiger partial charge in [0.25, 0.3) is 0 Å². The van der Waals surface area contributed by atoms with Crippen LogP contribution in [0.4, 0.5) is 10.1 Å². The van der Waals surface area contributed by atoms with Crippen LogP contribution in [0.25, 0.3) is 0 Å². The van der Waals surface area contributed by atoms with Gasteiger partial charge in [-0.1, -0.05) is 36.4 Å². The normalized spacial score (nSPS) is 17.2. The van der Waals surface area contributed by atoms with Gasteiger partial charge in [-0.2, -0.15) is 0 Å². The van der Waals surface area contributed by atoms with Crippen molar-refractivity contribution in [1.82, 2.24) is 4.90 Å². The summed E-state index contributed by atoms with van der Waals surface area (Å²) in [6, 6.07) is 13.8. The number of carboxylic acids is 1. The lowest BCUT2D eigenvalue weighted by molar-refractivity contribution is -0.136. The van der Waals surface area contributed by atoms with E-state index < -0.39 is 11.8 Å². The van der Waals surface area contributed by atoms with Gasteiger partial charge in [0.2, 0.25) is 5.91 Å². The summed E-state index contributed by atoms with van der Waals surface area (Å²) in [6.45, 7) is 1.55. The van der Waals surface area contributed by atoms with Crippen molar-refractivity contribution < 1.29 is 19.1 Å². The first-order valence-electron chi connectivity index (χ1n) is 8.62. The minimum absolute atomic E-state index is 0.0991. The number of halogens is 1. The van der Waals surface area contributed by atoms with Crippen molar-refractivity contribution in [3.05, 3.63) is 65.5 Å². The molecule has 2 aromatic carbocycles. The Morgan fingerprint density at radius 2 is 1.96 bits per heavy atom. The monoisotopic (exact) mass is 356 g/mol. The molecule has 0 saturated carbocycles. The molecule has 2 N–H and O–H groups in total. The average molecular weight is 356 g/mol.